The first-order valence-electron chi connectivity index (χ1n) is 2.52. The summed E-state index contributed by atoms with van der Waals surface area (Å²) in [5.41, 5.74) is 0. The molecule has 0 saturated heterocycles. The van der Waals surface area contributed by atoms with Crippen LogP contribution in [-0.2, 0) is 6.42 Å². The van der Waals surface area contributed by atoms with Crippen LogP contribution in [0.4, 0.5) is 13.2 Å². The number of hydrogen-bond acceptors (Lipinski definition) is 3. The molecule has 0 fully saturated rings. The van der Waals surface area contributed by atoms with E-state index in [4.69, 9.17) is 0 Å². The maximum Gasteiger partial charge on any atom is 0.396 e. The molecule has 11 heavy (non-hydrogen) atoms. The minimum absolute atomic E-state index is 0.186. The van der Waals surface area contributed by atoms with E-state index in [0.29, 0.717) is 3.92 Å². The van der Waals surface area contributed by atoms with Crippen molar-refractivity contribution in [1.82, 2.24) is 9.36 Å². The Morgan fingerprint density at radius 1 is 1.45 bits per heavy atom. The summed E-state index contributed by atoms with van der Waals surface area (Å²) < 4.78 is 38.8. The van der Waals surface area contributed by atoms with Gasteiger partial charge in [-0.1, -0.05) is 0 Å². The Bertz CT molecular complexity index is 246. The van der Waals surface area contributed by atoms with Crippen LogP contribution >= 0.6 is 27.5 Å². The van der Waals surface area contributed by atoms with Crippen molar-refractivity contribution in [3.8, 4) is 0 Å². The second-order valence-electron chi connectivity index (χ2n) is 1.76. The van der Waals surface area contributed by atoms with Crippen LogP contribution in [-0.4, -0.2) is 15.5 Å². The summed E-state index contributed by atoms with van der Waals surface area (Å²) in [6.07, 6.45) is -5.28. The van der Waals surface area contributed by atoms with Gasteiger partial charge in [-0.2, -0.15) is 17.5 Å². The number of rotatable bonds is 1. The number of halogens is 4. The highest BCUT2D eigenvalue weighted by atomic mass is 79.9. The molecule has 0 atom stereocenters. The number of nitrogens with zero attached hydrogens (tertiary/aromatic N) is 2. The maximum absolute atomic E-state index is 11.7. The highest BCUT2D eigenvalue weighted by Crippen LogP contribution is 2.21. The van der Waals surface area contributed by atoms with Gasteiger partial charge in [0.25, 0.3) is 0 Å². The van der Waals surface area contributed by atoms with E-state index in [-0.39, 0.29) is 5.82 Å². The van der Waals surface area contributed by atoms with Gasteiger partial charge in [0.15, 0.2) is 9.74 Å². The van der Waals surface area contributed by atoms with Gasteiger partial charge in [0.05, 0.1) is 0 Å². The second-order valence-corrected chi connectivity index (χ2v) is 3.78. The first-order valence-corrected chi connectivity index (χ1v) is 4.09. The van der Waals surface area contributed by atoms with Gasteiger partial charge < -0.3 is 0 Å². The molecule has 1 aromatic heterocycles. The van der Waals surface area contributed by atoms with Crippen LogP contribution in [0.25, 0.3) is 0 Å². The van der Waals surface area contributed by atoms with Crippen molar-refractivity contribution in [2.75, 3.05) is 0 Å². The third-order valence-electron chi connectivity index (χ3n) is 0.802. The van der Waals surface area contributed by atoms with E-state index < -0.39 is 12.6 Å². The summed E-state index contributed by atoms with van der Waals surface area (Å²) in [7, 11) is 0. The summed E-state index contributed by atoms with van der Waals surface area (Å²) in [6.45, 7) is 0. The molecule has 0 unspecified atom stereocenters. The molecular formula is C4H2BrF3N2S. The van der Waals surface area contributed by atoms with E-state index in [1.807, 2.05) is 0 Å². The lowest BCUT2D eigenvalue weighted by atomic mass is 10.4. The van der Waals surface area contributed by atoms with Crippen LogP contribution in [0.15, 0.2) is 3.92 Å². The summed E-state index contributed by atoms with van der Waals surface area (Å²) in [5.74, 6) is -0.186. The zero-order valence-electron chi connectivity index (χ0n) is 5.02. The van der Waals surface area contributed by atoms with E-state index in [2.05, 4.69) is 25.3 Å². The third-order valence-corrected chi connectivity index (χ3v) is 1.96. The molecule has 0 saturated carbocycles. The second kappa shape index (κ2) is 3.06. The Labute approximate surface area is 72.7 Å². The molecule has 7 heteroatoms. The molecule has 1 rings (SSSR count). The van der Waals surface area contributed by atoms with Gasteiger partial charge in [-0.3, -0.25) is 0 Å². The van der Waals surface area contributed by atoms with E-state index in [1.165, 1.54) is 0 Å². The van der Waals surface area contributed by atoms with Gasteiger partial charge in [-0.05, 0) is 27.5 Å². The quantitative estimate of drug-likeness (QED) is 0.761. The Morgan fingerprint density at radius 2 is 2.09 bits per heavy atom. The topological polar surface area (TPSA) is 25.8 Å². The molecule has 1 aromatic rings. The number of alkyl halides is 3. The molecule has 0 bridgehead atoms. The van der Waals surface area contributed by atoms with Gasteiger partial charge in [-0.15, -0.1) is 0 Å². The molecule has 0 aliphatic rings. The predicted molar refractivity (Wildman–Crippen MR) is 37.4 cm³/mol. The fraction of sp³-hybridized carbons (Fsp3) is 0.500. The summed E-state index contributed by atoms with van der Waals surface area (Å²) in [6, 6.07) is 0. The summed E-state index contributed by atoms with van der Waals surface area (Å²) in [5, 5.41) is 0. The first-order chi connectivity index (χ1) is 4.97. The molecule has 0 amide bonds. The Balaban J connectivity index is 2.65. The molecule has 0 spiro atoms. The van der Waals surface area contributed by atoms with Crippen molar-refractivity contribution in [1.29, 1.82) is 0 Å². The molecule has 0 aliphatic carbocycles. The lowest BCUT2D eigenvalue weighted by molar-refractivity contribution is -0.128. The minimum atomic E-state index is -4.22. The minimum Gasteiger partial charge on any atom is -0.212 e. The fourth-order valence-corrected chi connectivity index (χ4v) is 1.34. The smallest absolute Gasteiger partial charge is 0.212 e. The molecular weight excluding hydrogens is 245 g/mol. The third kappa shape index (κ3) is 3.15. The first kappa shape index (κ1) is 8.92. The largest absolute Gasteiger partial charge is 0.396 e. The number of aromatic nitrogens is 2. The standard InChI is InChI=1S/C4H2BrF3N2S/c5-3-9-2(10-11-3)1-4(6,7)8/h1H2. The molecule has 0 aromatic carbocycles. The summed E-state index contributed by atoms with van der Waals surface area (Å²) in [4.78, 5) is 3.50. The van der Waals surface area contributed by atoms with Crippen molar-refractivity contribution < 1.29 is 13.2 Å². The highest BCUT2D eigenvalue weighted by Gasteiger charge is 2.29. The van der Waals surface area contributed by atoms with E-state index in [0.717, 1.165) is 11.5 Å². The average molecular weight is 247 g/mol. The van der Waals surface area contributed by atoms with Gasteiger partial charge in [-0.25, -0.2) is 4.98 Å². The van der Waals surface area contributed by atoms with Gasteiger partial charge in [0, 0.05) is 0 Å². The van der Waals surface area contributed by atoms with Gasteiger partial charge in [0.1, 0.15) is 6.42 Å². The van der Waals surface area contributed by atoms with Crippen molar-refractivity contribution >= 4 is 27.5 Å². The molecule has 0 N–H and O–H groups in total. The molecule has 62 valence electrons. The monoisotopic (exact) mass is 246 g/mol. The Hall–Kier alpha value is -0.170. The van der Waals surface area contributed by atoms with Gasteiger partial charge in [0.2, 0.25) is 0 Å². The predicted octanol–water partition coefficient (Wildman–Crippen LogP) is 2.41. The summed E-state index contributed by atoms with van der Waals surface area (Å²) >= 11 is 3.82. The van der Waals surface area contributed by atoms with E-state index >= 15 is 0 Å². The average Bonchev–Trinajstić information content (AvgIpc) is 2.10. The zero-order chi connectivity index (χ0) is 8.48. The highest BCUT2D eigenvalue weighted by molar-refractivity contribution is 9.11. The van der Waals surface area contributed by atoms with Crippen LogP contribution in [0.5, 0.6) is 0 Å². The molecule has 0 aliphatic heterocycles. The van der Waals surface area contributed by atoms with Crippen molar-refractivity contribution in [2.45, 2.75) is 12.6 Å². The van der Waals surface area contributed by atoms with Crippen LogP contribution in [0.2, 0.25) is 0 Å². The van der Waals surface area contributed by atoms with Crippen LogP contribution in [0.3, 0.4) is 0 Å². The van der Waals surface area contributed by atoms with Crippen molar-refractivity contribution in [2.24, 2.45) is 0 Å². The Morgan fingerprint density at radius 3 is 2.45 bits per heavy atom. The van der Waals surface area contributed by atoms with E-state index in [9.17, 15) is 13.2 Å². The van der Waals surface area contributed by atoms with Crippen LogP contribution < -0.4 is 0 Å². The van der Waals surface area contributed by atoms with Crippen LogP contribution in [0, 0.1) is 0 Å². The Kier molecular flexibility index (Phi) is 2.48. The van der Waals surface area contributed by atoms with Gasteiger partial charge >= 0.3 is 6.18 Å². The number of hydrogen-bond donors (Lipinski definition) is 0. The molecule has 0 radical (unpaired) electrons. The molecule has 1 heterocycles. The van der Waals surface area contributed by atoms with Crippen molar-refractivity contribution in [3.05, 3.63) is 9.74 Å². The normalized spacial score (nSPS) is 12.0. The van der Waals surface area contributed by atoms with E-state index in [1.54, 1.807) is 0 Å². The van der Waals surface area contributed by atoms with Crippen molar-refractivity contribution in [3.63, 3.8) is 0 Å². The van der Waals surface area contributed by atoms with Crippen LogP contribution in [0.1, 0.15) is 5.82 Å². The fourth-order valence-electron chi connectivity index (χ4n) is 0.484. The lowest BCUT2D eigenvalue weighted by Gasteiger charge is -2.00. The zero-order valence-corrected chi connectivity index (χ0v) is 7.42. The molecule has 2 nitrogen and oxygen atoms in total. The lowest BCUT2D eigenvalue weighted by Crippen LogP contribution is -2.12. The SMILES string of the molecule is FC(F)(F)Cc1nsc(Br)n1. The maximum atomic E-state index is 11.7.